The molecule has 0 saturated carbocycles. The number of aryl methyl sites for hydroxylation is 1. The number of hydrogen-bond donors (Lipinski definition) is 1. The van der Waals surface area contributed by atoms with E-state index in [1.807, 2.05) is 30.8 Å². The number of aromatic nitrogens is 2. The first kappa shape index (κ1) is 16.0. The molecule has 0 spiro atoms. The molecule has 21 heavy (non-hydrogen) atoms. The average molecular weight is 321 g/mol. The number of anilines is 1. The molecule has 2 aromatic rings. The lowest BCUT2D eigenvalue weighted by atomic mass is 10.3. The van der Waals surface area contributed by atoms with E-state index in [-0.39, 0.29) is 5.91 Å². The molecular weight excluding hydrogens is 302 g/mol. The zero-order chi connectivity index (χ0) is 15.1. The monoisotopic (exact) mass is 321 g/mol. The van der Waals surface area contributed by atoms with E-state index in [0.717, 1.165) is 39.2 Å². The van der Waals surface area contributed by atoms with E-state index in [0.29, 0.717) is 6.42 Å². The molecular formula is C15H19N3OS2. The summed E-state index contributed by atoms with van der Waals surface area (Å²) in [5.41, 5.74) is 1.83. The zero-order valence-electron chi connectivity index (χ0n) is 12.3. The van der Waals surface area contributed by atoms with Crippen molar-refractivity contribution in [3.8, 4) is 10.6 Å². The van der Waals surface area contributed by atoms with Crippen molar-refractivity contribution in [3.63, 3.8) is 0 Å². The maximum Gasteiger partial charge on any atom is 0.225 e. The number of carbonyl (C=O) groups excluding carboxylic acids is 1. The number of nitrogens with one attached hydrogen (secondary N) is 1. The number of thioether (sulfide) groups is 1. The minimum absolute atomic E-state index is 0.0659. The van der Waals surface area contributed by atoms with Gasteiger partial charge in [0.2, 0.25) is 5.91 Å². The number of amides is 1. The van der Waals surface area contributed by atoms with Crippen molar-refractivity contribution in [2.24, 2.45) is 0 Å². The Hall–Kier alpha value is -1.40. The van der Waals surface area contributed by atoms with Crippen molar-refractivity contribution in [1.82, 2.24) is 9.97 Å². The number of rotatable bonds is 7. The van der Waals surface area contributed by atoms with Gasteiger partial charge in [-0.1, -0.05) is 18.3 Å². The Labute approximate surface area is 133 Å². The van der Waals surface area contributed by atoms with Crippen molar-refractivity contribution < 1.29 is 4.79 Å². The Bertz CT molecular complexity index is 584. The van der Waals surface area contributed by atoms with Gasteiger partial charge in [-0.05, 0) is 37.0 Å². The number of pyridine rings is 1. The topological polar surface area (TPSA) is 54.9 Å². The molecule has 0 aliphatic heterocycles. The number of nitrogens with zero attached hydrogens (tertiary/aromatic N) is 2. The zero-order valence-corrected chi connectivity index (χ0v) is 13.9. The largest absolute Gasteiger partial charge is 0.316 e. The van der Waals surface area contributed by atoms with Gasteiger partial charge in [0.05, 0.1) is 5.69 Å². The molecule has 0 bridgehead atoms. The SMILES string of the molecule is CCSCCCC(=O)Nc1sc(-c2cccnc2)nc1C. The van der Waals surface area contributed by atoms with Crippen LogP contribution in [-0.2, 0) is 4.79 Å². The van der Waals surface area contributed by atoms with Gasteiger partial charge in [0.1, 0.15) is 10.0 Å². The van der Waals surface area contributed by atoms with Crippen LogP contribution in [0, 0.1) is 6.92 Å². The van der Waals surface area contributed by atoms with Crippen LogP contribution < -0.4 is 5.32 Å². The van der Waals surface area contributed by atoms with Gasteiger partial charge in [-0.2, -0.15) is 11.8 Å². The van der Waals surface area contributed by atoms with E-state index >= 15 is 0 Å². The lowest BCUT2D eigenvalue weighted by Gasteiger charge is -2.02. The molecule has 0 radical (unpaired) electrons. The molecule has 4 nitrogen and oxygen atoms in total. The normalized spacial score (nSPS) is 10.6. The molecule has 112 valence electrons. The van der Waals surface area contributed by atoms with E-state index < -0.39 is 0 Å². The number of hydrogen-bond acceptors (Lipinski definition) is 5. The first-order valence-electron chi connectivity index (χ1n) is 6.96. The molecule has 1 N–H and O–H groups in total. The standard InChI is InChI=1S/C15H19N3OS2/c1-3-20-9-5-7-13(19)18-14-11(2)17-15(21-14)12-6-4-8-16-10-12/h4,6,8,10H,3,5,7,9H2,1-2H3,(H,18,19). The lowest BCUT2D eigenvalue weighted by molar-refractivity contribution is -0.116. The quantitative estimate of drug-likeness (QED) is 0.784. The van der Waals surface area contributed by atoms with Crippen molar-refractivity contribution >= 4 is 34.0 Å². The molecule has 0 aliphatic carbocycles. The van der Waals surface area contributed by atoms with E-state index in [1.165, 1.54) is 11.3 Å². The third-order valence-corrected chi connectivity index (χ3v) is 4.96. The van der Waals surface area contributed by atoms with Crippen LogP contribution in [0.3, 0.4) is 0 Å². The summed E-state index contributed by atoms with van der Waals surface area (Å²) >= 11 is 3.36. The summed E-state index contributed by atoms with van der Waals surface area (Å²) < 4.78 is 0. The molecule has 2 rings (SSSR count). The third-order valence-electron chi connectivity index (χ3n) is 2.85. The molecule has 1 amide bonds. The molecule has 0 atom stereocenters. The van der Waals surface area contributed by atoms with Crippen LogP contribution in [0.25, 0.3) is 10.6 Å². The van der Waals surface area contributed by atoms with E-state index in [1.54, 1.807) is 12.4 Å². The fourth-order valence-electron chi connectivity index (χ4n) is 1.79. The lowest BCUT2D eigenvalue weighted by Crippen LogP contribution is -2.11. The van der Waals surface area contributed by atoms with Crippen molar-refractivity contribution in [2.45, 2.75) is 26.7 Å². The summed E-state index contributed by atoms with van der Waals surface area (Å²) in [5, 5.41) is 4.69. The highest BCUT2D eigenvalue weighted by atomic mass is 32.2. The second-order valence-electron chi connectivity index (χ2n) is 4.52. The van der Waals surface area contributed by atoms with Gasteiger partial charge in [0.25, 0.3) is 0 Å². The Morgan fingerprint density at radius 3 is 3.05 bits per heavy atom. The summed E-state index contributed by atoms with van der Waals surface area (Å²) in [6.07, 6.45) is 5.00. The Morgan fingerprint density at radius 2 is 2.33 bits per heavy atom. The predicted octanol–water partition coefficient (Wildman–Crippen LogP) is 3.99. The molecule has 0 fully saturated rings. The molecule has 2 heterocycles. The summed E-state index contributed by atoms with van der Waals surface area (Å²) in [6.45, 7) is 4.05. The van der Waals surface area contributed by atoms with Crippen LogP contribution in [-0.4, -0.2) is 27.4 Å². The maximum absolute atomic E-state index is 11.9. The van der Waals surface area contributed by atoms with Crippen LogP contribution in [0.15, 0.2) is 24.5 Å². The smallest absolute Gasteiger partial charge is 0.225 e. The minimum atomic E-state index is 0.0659. The molecule has 0 aliphatic rings. The van der Waals surface area contributed by atoms with Crippen molar-refractivity contribution in [1.29, 1.82) is 0 Å². The van der Waals surface area contributed by atoms with Crippen LogP contribution >= 0.6 is 23.1 Å². The van der Waals surface area contributed by atoms with Crippen molar-refractivity contribution in [3.05, 3.63) is 30.2 Å². The van der Waals surface area contributed by atoms with Crippen molar-refractivity contribution in [2.75, 3.05) is 16.8 Å². The highest BCUT2D eigenvalue weighted by Gasteiger charge is 2.12. The third kappa shape index (κ3) is 4.82. The van der Waals surface area contributed by atoms with Gasteiger partial charge < -0.3 is 5.32 Å². The first-order valence-corrected chi connectivity index (χ1v) is 8.93. The summed E-state index contributed by atoms with van der Waals surface area (Å²) in [4.78, 5) is 20.5. The van der Waals surface area contributed by atoms with E-state index in [2.05, 4.69) is 22.2 Å². The van der Waals surface area contributed by atoms with E-state index in [9.17, 15) is 4.79 Å². The van der Waals surface area contributed by atoms with Crippen LogP contribution in [0.5, 0.6) is 0 Å². The van der Waals surface area contributed by atoms with Gasteiger partial charge in [-0.15, -0.1) is 0 Å². The summed E-state index contributed by atoms with van der Waals surface area (Å²) in [5.74, 6) is 2.20. The van der Waals surface area contributed by atoms with Gasteiger partial charge in [0, 0.05) is 24.4 Å². The Morgan fingerprint density at radius 1 is 1.48 bits per heavy atom. The molecule has 2 aromatic heterocycles. The summed E-state index contributed by atoms with van der Waals surface area (Å²) in [7, 11) is 0. The first-order chi connectivity index (χ1) is 10.2. The predicted molar refractivity (Wildman–Crippen MR) is 90.9 cm³/mol. The minimum Gasteiger partial charge on any atom is -0.316 e. The van der Waals surface area contributed by atoms with Gasteiger partial charge in [-0.3, -0.25) is 9.78 Å². The fourth-order valence-corrected chi connectivity index (χ4v) is 3.40. The fraction of sp³-hybridized carbons (Fsp3) is 0.400. The van der Waals surface area contributed by atoms with Gasteiger partial charge in [0.15, 0.2) is 0 Å². The van der Waals surface area contributed by atoms with Crippen LogP contribution in [0.2, 0.25) is 0 Å². The van der Waals surface area contributed by atoms with E-state index in [4.69, 9.17) is 0 Å². The van der Waals surface area contributed by atoms with Crippen LogP contribution in [0.1, 0.15) is 25.5 Å². The van der Waals surface area contributed by atoms with Gasteiger partial charge >= 0.3 is 0 Å². The average Bonchev–Trinajstić information content (AvgIpc) is 2.86. The van der Waals surface area contributed by atoms with Crippen LogP contribution in [0.4, 0.5) is 5.00 Å². The molecule has 0 aromatic carbocycles. The number of thiazole rings is 1. The highest BCUT2D eigenvalue weighted by molar-refractivity contribution is 7.99. The molecule has 0 saturated heterocycles. The summed E-state index contributed by atoms with van der Waals surface area (Å²) in [6, 6.07) is 3.86. The second kappa shape index (κ2) is 8.14. The highest BCUT2D eigenvalue weighted by Crippen LogP contribution is 2.31. The maximum atomic E-state index is 11.9. The Balaban J connectivity index is 1.95. The Kier molecular flexibility index (Phi) is 6.20. The molecule has 0 unspecified atom stereocenters. The van der Waals surface area contributed by atoms with Gasteiger partial charge in [-0.25, -0.2) is 4.98 Å². The molecule has 6 heteroatoms. The number of carbonyl (C=O) groups is 1. The second-order valence-corrected chi connectivity index (χ2v) is 6.92.